The molecule has 0 radical (unpaired) electrons. The average molecular weight is 312 g/mol. The number of halogens is 1. The molecule has 1 aromatic heterocycles. The summed E-state index contributed by atoms with van der Waals surface area (Å²) in [6.45, 7) is -0.227. The molecular weight excluding hydrogens is 302 g/mol. The molecule has 2 aromatic rings. The molecule has 1 heterocycles. The van der Waals surface area contributed by atoms with Crippen LogP contribution in [0, 0.1) is 0 Å². The summed E-state index contributed by atoms with van der Waals surface area (Å²) in [7, 11) is 0. The first kappa shape index (κ1) is 14.4. The van der Waals surface area contributed by atoms with Gasteiger partial charge in [-0.3, -0.25) is 4.79 Å². The van der Waals surface area contributed by atoms with Crippen LogP contribution in [-0.2, 0) is 4.79 Å². The molecule has 1 aromatic carbocycles. The largest absolute Gasteiger partial charge is 0.484 e. The molecule has 5 nitrogen and oxygen atoms in total. The summed E-state index contributed by atoms with van der Waals surface area (Å²) in [6, 6.07) is 6.66. The highest BCUT2D eigenvalue weighted by Crippen LogP contribution is 2.21. The number of aromatic carboxylic acids is 1. The van der Waals surface area contributed by atoms with Gasteiger partial charge in [-0.15, -0.1) is 11.3 Å². The molecule has 0 aliphatic carbocycles. The van der Waals surface area contributed by atoms with Crippen LogP contribution in [-0.4, -0.2) is 23.6 Å². The second kappa shape index (κ2) is 6.40. The van der Waals surface area contributed by atoms with Crippen LogP contribution in [0.4, 0.5) is 5.69 Å². The highest BCUT2D eigenvalue weighted by atomic mass is 35.5. The lowest BCUT2D eigenvalue weighted by molar-refractivity contribution is -0.118. The Morgan fingerprint density at radius 2 is 2.15 bits per heavy atom. The van der Waals surface area contributed by atoms with E-state index in [1.165, 1.54) is 16.7 Å². The Bertz CT molecular complexity index is 641. The molecule has 2 N–H and O–H groups in total. The molecule has 0 aliphatic heterocycles. The fourth-order valence-electron chi connectivity index (χ4n) is 1.45. The van der Waals surface area contributed by atoms with Crippen molar-refractivity contribution in [3.05, 3.63) is 45.6 Å². The predicted octanol–water partition coefficient (Wildman–Crippen LogP) is 3.12. The summed E-state index contributed by atoms with van der Waals surface area (Å²) in [5, 5.41) is 14.9. The molecule has 7 heteroatoms. The number of anilines is 1. The first-order chi connectivity index (χ1) is 9.56. The summed E-state index contributed by atoms with van der Waals surface area (Å²) in [5.41, 5.74) is 0.327. The Morgan fingerprint density at radius 1 is 1.35 bits per heavy atom. The Labute approximate surface area is 123 Å². The zero-order valence-corrected chi connectivity index (χ0v) is 11.7. The number of ether oxygens (including phenoxy) is 1. The van der Waals surface area contributed by atoms with E-state index in [0.29, 0.717) is 10.8 Å². The summed E-state index contributed by atoms with van der Waals surface area (Å²) in [4.78, 5) is 22.6. The van der Waals surface area contributed by atoms with Crippen molar-refractivity contribution in [3.63, 3.8) is 0 Å². The summed E-state index contributed by atoms with van der Waals surface area (Å²) < 4.78 is 5.26. The van der Waals surface area contributed by atoms with Gasteiger partial charge in [-0.05, 0) is 18.2 Å². The Morgan fingerprint density at radius 3 is 2.85 bits per heavy atom. The third-order valence-electron chi connectivity index (χ3n) is 2.33. The van der Waals surface area contributed by atoms with Crippen molar-refractivity contribution in [2.45, 2.75) is 0 Å². The van der Waals surface area contributed by atoms with Gasteiger partial charge in [0, 0.05) is 15.8 Å². The second-order valence-electron chi connectivity index (χ2n) is 3.80. The fourth-order valence-corrected chi connectivity index (χ4v) is 2.39. The third kappa shape index (κ3) is 3.72. The van der Waals surface area contributed by atoms with Gasteiger partial charge >= 0.3 is 5.97 Å². The first-order valence-electron chi connectivity index (χ1n) is 5.54. The SMILES string of the molecule is O=C(COc1cccc(Cl)c1)Nc1cscc1C(=O)O. The highest BCUT2D eigenvalue weighted by Gasteiger charge is 2.13. The second-order valence-corrected chi connectivity index (χ2v) is 4.98. The quantitative estimate of drug-likeness (QED) is 0.889. The molecule has 0 fully saturated rings. The molecule has 0 atom stereocenters. The van der Waals surface area contributed by atoms with Crippen LogP contribution in [0.25, 0.3) is 0 Å². The van der Waals surface area contributed by atoms with Crippen LogP contribution < -0.4 is 10.1 Å². The molecular formula is C13H10ClNO4S. The van der Waals surface area contributed by atoms with Crippen LogP contribution in [0.2, 0.25) is 5.02 Å². The smallest absolute Gasteiger partial charge is 0.338 e. The molecule has 104 valence electrons. The molecule has 20 heavy (non-hydrogen) atoms. The summed E-state index contributed by atoms with van der Waals surface area (Å²) in [6.07, 6.45) is 0. The van der Waals surface area contributed by atoms with E-state index in [-0.39, 0.29) is 17.9 Å². The minimum atomic E-state index is -1.09. The number of hydrogen-bond acceptors (Lipinski definition) is 4. The van der Waals surface area contributed by atoms with E-state index in [9.17, 15) is 9.59 Å². The third-order valence-corrected chi connectivity index (χ3v) is 3.31. The molecule has 0 saturated carbocycles. The highest BCUT2D eigenvalue weighted by molar-refractivity contribution is 7.08. The topological polar surface area (TPSA) is 75.6 Å². The molecule has 2 rings (SSSR count). The van der Waals surface area contributed by atoms with Crippen molar-refractivity contribution in [1.29, 1.82) is 0 Å². The van der Waals surface area contributed by atoms with E-state index in [1.807, 2.05) is 0 Å². The zero-order valence-electron chi connectivity index (χ0n) is 10.1. The van der Waals surface area contributed by atoms with Gasteiger partial charge < -0.3 is 15.2 Å². The fraction of sp³-hybridized carbons (Fsp3) is 0.0769. The summed E-state index contributed by atoms with van der Waals surface area (Å²) in [5.74, 6) is -1.06. The number of nitrogens with one attached hydrogen (secondary N) is 1. The van der Waals surface area contributed by atoms with Crippen molar-refractivity contribution in [3.8, 4) is 5.75 Å². The maximum Gasteiger partial charge on any atom is 0.338 e. The van der Waals surface area contributed by atoms with Gasteiger partial charge in [0.1, 0.15) is 5.75 Å². The van der Waals surface area contributed by atoms with Gasteiger partial charge in [0.2, 0.25) is 0 Å². The van der Waals surface area contributed by atoms with Crippen molar-refractivity contribution >= 4 is 40.5 Å². The maximum atomic E-state index is 11.7. The number of hydrogen-bond donors (Lipinski definition) is 2. The van der Waals surface area contributed by atoms with Gasteiger partial charge in [0.05, 0.1) is 11.3 Å². The molecule has 0 saturated heterocycles. The number of amides is 1. The van der Waals surface area contributed by atoms with E-state index in [0.717, 1.165) is 0 Å². The molecule has 0 spiro atoms. The van der Waals surface area contributed by atoms with Crippen LogP contribution >= 0.6 is 22.9 Å². The number of carbonyl (C=O) groups is 2. The Balaban J connectivity index is 1.93. The number of rotatable bonds is 5. The molecule has 0 aliphatic rings. The Hall–Kier alpha value is -2.05. The maximum absolute atomic E-state index is 11.7. The number of thiophene rings is 1. The summed E-state index contributed by atoms with van der Waals surface area (Å²) >= 11 is 6.99. The van der Waals surface area contributed by atoms with Gasteiger partial charge in [-0.25, -0.2) is 4.79 Å². The zero-order chi connectivity index (χ0) is 14.5. The van der Waals surface area contributed by atoms with Crippen molar-refractivity contribution in [2.75, 3.05) is 11.9 Å². The first-order valence-corrected chi connectivity index (χ1v) is 6.86. The standard InChI is InChI=1S/C13H10ClNO4S/c14-8-2-1-3-9(4-8)19-5-12(16)15-11-7-20-6-10(11)13(17)18/h1-4,6-7H,5H2,(H,15,16)(H,17,18). The van der Waals surface area contributed by atoms with E-state index in [2.05, 4.69) is 5.32 Å². The van der Waals surface area contributed by atoms with E-state index in [1.54, 1.807) is 29.6 Å². The lowest BCUT2D eigenvalue weighted by Crippen LogP contribution is -2.21. The normalized spacial score (nSPS) is 10.1. The predicted molar refractivity (Wildman–Crippen MR) is 76.9 cm³/mol. The van der Waals surface area contributed by atoms with E-state index < -0.39 is 11.9 Å². The van der Waals surface area contributed by atoms with E-state index in [4.69, 9.17) is 21.4 Å². The van der Waals surface area contributed by atoms with Gasteiger partial charge in [0.25, 0.3) is 5.91 Å². The van der Waals surface area contributed by atoms with Crippen molar-refractivity contribution < 1.29 is 19.4 Å². The van der Waals surface area contributed by atoms with Crippen molar-refractivity contribution in [1.82, 2.24) is 0 Å². The molecule has 0 bridgehead atoms. The number of benzene rings is 1. The monoisotopic (exact) mass is 311 g/mol. The van der Waals surface area contributed by atoms with Gasteiger partial charge in [-0.2, -0.15) is 0 Å². The van der Waals surface area contributed by atoms with Crippen LogP contribution in [0.15, 0.2) is 35.0 Å². The van der Waals surface area contributed by atoms with Crippen LogP contribution in [0.3, 0.4) is 0 Å². The average Bonchev–Trinajstić information content (AvgIpc) is 2.85. The molecule has 1 amide bonds. The minimum Gasteiger partial charge on any atom is -0.484 e. The van der Waals surface area contributed by atoms with Crippen molar-refractivity contribution in [2.24, 2.45) is 0 Å². The number of carboxylic acid groups (broad SMARTS) is 1. The lowest BCUT2D eigenvalue weighted by Gasteiger charge is -2.07. The van der Waals surface area contributed by atoms with Crippen LogP contribution in [0.5, 0.6) is 5.75 Å². The lowest BCUT2D eigenvalue weighted by atomic mass is 10.3. The minimum absolute atomic E-state index is 0.0612. The van der Waals surface area contributed by atoms with Gasteiger partial charge in [0.15, 0.2) is 6.61 Å². The number of carboxylic acids is 1. The van der Waals surface area contributed by atoms with E-state index >= 15 is 0 Å². The molecule has 0 unspecified atom stereocenters. The number of carbonyl (C=O) groups excluding carboxylic acids is 1. The van der Waals surface area contributed by atoms with Gasteiger partial charge in [-0.1, -0.05) is 17.7 Å². The van der Waals surface area contributed by atoms with Crippen LogP contribution in [0.1, 0.15) is 10.4 Å². The Kier molecular flexibility index (Phi) is 4.60.